The lowest BCUT2D eigenvalue weighted by Gasteiger charge is -2.17. The Morgan fingerprint density at radius 3 is 2.90 bits per heavy atom. The van der Waals surface area contributed by atoms with Gasteiger partial charge in [-0.15, -0.1) is 0 Å². The Morgan fingerprint density at radius 1 is 1.13 bits per heavy atom. The van der Waals surface area contributed by atoms with Crippen molar-refractivity contribution in [3.05, 3.63) is 59.5 Å². The number of carbonyl (C=O) groups excluding carboxylic acids is 1. The van der Waals surface area contributed by atoms with Gasteiger partial charge in [0.15, 0.2) is 0 Å². The zero-order valence-corrected chi connectivity index (χ0v) is 17.6. The Morgan fingerprint density at radius 2 is 2.03 bits per heavy atom. The number of fused-ring (bicyclic) bond motifs is 2. The summed E-state index contributed by atoms with van der Waals surface area (Å²) in [7, 11) is 0. The van der Waals surface area contributed by atoms with Crippen molar-refractivity contribution in [3.8, 4) is 0 Å². The van der Waals surface area contributed by atoms with Crippen molar-refractivity contribution >= 4 is 28.5 Å². The summed E-state index contributed by atoms with van der Waals surface area (Å²) in [5.74, 6) is -0.131. The third kappa shape index (κ3) is 5.51. The summed E-state index contributed by atoms with van der Waals surface area (Å²) in [4.78, 5) is 28.6. The van der Waals surface area contributed by atoms with Crippen LogP contribution in [-0.2, 0) is 22.4 Å². The molecule has 0 saturated carbocycles. The number of carboxylic acids is 1. The van der Waals surface area contributed by atoms with Crippen LogP contribution in [0.3, 0.4) is 0 Å². The van der Waals surface area contributed by atoms with Crippen LogP contribution in [0, 0.1) is 0 Å². The number of aromatic nitrogens is 1. The first-order chi connectivity index (χ1) is 15.1. The lowest BCUT2D eigenvalue weighted by molar-refractivity contribution is -0.137. The molecule has 3 aromatic rings. The normalized spacial score (nSPS) is 14.1. The van der Waals surface area contributed by atoms with Gasteiger partial charge in [0, 0.05) is 36.4 Å². The van der Waals surface area contributed by atoms with E-state index in [0.29, 0.717) is 12.0 Å². The second kappa shape index (κ2) is 9.77. The lowest BCUT2D eigenvalue weighted by Crippen LogP contribution is -2.14. The van der Waals surface area contributed by atoms with E-state index < -0.39 is 5.97 Å². The summed E-state index contributed by atoms with van der Waals surface area (Å²) in [5, 5.41) is 13.6. The predicted molar refractivity (Wildman–Crippen MR) is 119 cm³/mol. The number of ketones is 1. The molecule has 6 nitrogen and oxygen atoms in total. The molecule has 1 aliphatic rings. The number of rotatable bonds is 10. The number of carboxylic acid groups (broad SMARTS) is 1. The second-order valence-corrected chi connectivity index (χ2v) is 8.30. The van der Waals surface area contributed by atoms with Gasteiger partial charge in [0.25, 0.3) is 0 Å². The molecule has 2 N–H and O–H groups in total. The fourth-order valence-electron chi connectivity index (χ4n) is 4.26. The zero-order chi connectivity index (χ0) is 21.6. The highest BCUT2D eigenvalue weighted by Gasteiger charge is 2.20. The maximum absolute atomic E-state index is 12.6. The van der Waals surface area contributed by atoms with Gasteiger partial charge >= 0.3 is 5.97 Å². The SMILES string of the molecule is O=C(O)C[C@H](CC(=O)CCCCc1ccc2c(n1)NCCC2)c1ccc2ccoc2c1. The molecule has 0 unspecified atom stereocenters. The number of aliphatic carboxylic acids is 1. The molecule has 3 heterocycles. The van der Waals surface area contributed by atoms with Crippen LogP contribution in [0.1, 0.15) is 61.3 Å². The smallest absolute Gasteiger partial charge is 0.303 e. The van der Waals surface area contributed by atoms with E-state index in [1.165, 1.54) is 5.56 Å². The molecule has 0 bridgehead atoms. The van der Waals surface area contributed by atoms with E-state index >= 15 is 0 Å². The number of nitrogens with one attached hydrogen (secondary N) is 1. The number of aryl methyl sites for hydroxylation is 2. The van der Waals surface area contributed by atoms with Crippen LogP contribution in [0.15, 0.2) is 47.1 Å². The van der Waals surface area contributed by atoms with Gasteiger partial charge in [0.05, 0.1) is 12.7 Å². The molecule has 4 rings (SSSR count). The summed E-state index contributed by atoms with van der Waals surface area (Å²) >= 11 is 0. The first kappa shape index (κ1) is 21.1. The fraction of sp³-hybridized carbons (Fsp3) is 0.400. The highest BCUT2D eigenvalue weighted by molar-refractivity contribution is 5.82. The number of nitrogens with zero attached hydrogens (tertiary/aromatic N) is 1. The van der Waals surface area contributed by atoms with E-state index in [1.54, 1.807) is 6.26 Å². The third-order valence-electron chi connectivity index (χ3n) is 5.94. The zero-order valence-electron chi connectivity index (χ0n) is 17.6. The first-order valence-corrected chi connectivity index (χ1v) is 11.0. The molecular weight excluding hydrogens is 392 g/mol. The number of furan rings is 1. The van der Waals surface area contributed by atoms with Crippen molar-refractivity contribution in [3.63, 3.8) is 0 Å². The minimum absolute atomic E-state index is 0.0655. The molecule has 0 spiro atoms. The quantitative estimate of drug-likeness (QED) is 0.443. The average Bonchev–Trinajstić information content (AvgIpc) is 3.24. The fourth-order valence-corrected chi connectivity index (χ4v) is 4.26. The van der Waals surface area contributed by atoms with Crippen LogP contribution in [0.2, 0.25) is 0 Å². The highest BCUT2D eigenvalue weighted by Crippen LogP contribution is 2.28. The van der Waals surface area contributed by atoms with Crippen molar-refractivity contribution in [2.75, 3.05) is 11.9 Å². The second-order valence-electron chi connectivity index (χ2n) is 8.30. The van der Waals surface area contributed by atoms with Crippen LogP contribution in [0.5, 0.6) is 0 Å². The Bertz CT molecular complexity index is 1070. The van der Waals surface area contributed by atoms with Gasteiger partial charge in [-0.2, -0.15) is 0 Å². The molecule has 0 saturated heterocycles. The number of hydrogen-bond donors (Lipinski definition) is 2. The number of anilines is 1. The number of pyridine rings is 1. The van der Waals surface area contributed by atoms with Gasteiger partial charge in [0.2, 0.25) is 0 Å². The molecule has 6 heteroatoms. The Balaban J connectivity index is 1.29. The van der Waals surface area contributed by atoms with E-state index in [1.807, 2.05) is 24.3 Å². The molecule has 162 valence electrons. The van der Waals surface area contributed by atoms with Gasteiger partial charge in [0.1, 0.15) is 17.2 Å². The van der Waals surface area contributed by atoms with Crippen molar-refractivity contribution in [1.29, 1.82) is 0 Å². The lowest BCUT2D eigenvalue weighted by atomic mass is 9.89. The van der Waals surface area contributed by atoms with Gasteiger partial charge in [-0.1, -0.05) is 18.2 Å². The molecule has 0 aliphatic carbocycles. The average molecular weight is 421 g/mol. The Labute approximate surface area is 181 Å². The number of carbonyl (C=O) groups is 2. The summed E-state index contributed by atoms with van der Waals surface area (Å²) in [6.45, 7) is 0.975. The molecule has 1 atom stereocenters. The molecule has 2 aromatic heterocycles. The number of Topliss-reactive ketones (excluding diaryl/α,β-unsaturated/α-hetero) is 1. The van der Waals surface area contributed by atoms with Crippen LogP contribution in [-0.4, -0.2) is 28.4 Å². The van der Waals surface area contributed by atoms with Gasteiger partial charge < -0.3 is 14.8 Å². The highest BCUT2D eigenvalue weighted by atomic mass is 16.4. The van der Waals surface area contributed by atoms with Gasteiger partial charge in [-0.05, 0) is 61.4 Å². The minimum atomic E-state index is -0.899. The molecule has 31 heavy (non-hydrogen) atoms. The van der Waals surface area contributed by atoms with Crippen LogP contribution in [0.4, 0.5) is 5.82 Å². The van der Waals surface area contributed by atoms with E-state index in [2.05, 4.69) is 17.4 Å². The maximum Gasteiger partial charge on any atom is 0.303 e. The van der Waals surface area contributed by atoms with Crippen molar-refractivity contribution in [2.45, 2.75) is 57.3 Å². The Kier molecular flexibility index (Phi) is 6.65. The van der Waals surface area contributed by atoms with Crippen molar-refractivity contribution < 1.29 is 19.1 Å². The molecule has 1 aliphatic heterocycles. The maximum atomic E-state index is 12.6. The predicted octanol–water partition coefficient (Wildman–Crippen LogP) is 5.12. The Hall–Kier alpha value is -3.15. The summed E-state index contributed by atoms with van der Waals surface area (Å²) in [6.07, 6.45) is 6.98. The summed E-state index contributed by atoms with van der Waals surface area (Å²) < 4.78 is 5.43. The number of unbranched alkanes of at least 4 members (excludes halogenated alkanes) is 1. The van der Waals surface area contributed by atoms with Gasteiger partial charge in [-0.25, -0.2) is 4.98 Å². The molecule has 0 fully saturated rings. The standard InChI is InChI=1S/C25H28N2O4/c28-22(6-2-1-5-21-10-9-18-4-3-12-26-25(18)27-21)14-20(16-24(29)30)19-8-7-17-11-13-31-23(17)15-19/h7-11,13,15,20H,1-6,12,14,16H2,(H,26,27)(H,29,30)/t20-/m0/s1. The summed E-state index contributed by atoms with van der Waals surface area (Å²) in [5.41, 5.74) is 3.88. The van der Waals surface area contributed by atoms with E-state index in [-0.39, 0.29) is 24.5 Å². The van der Waals surface area contributed by atoms with E-state index in [4.69, 9.17) is 9.40 Å². The van der Waals surface area contributed by atoms with E-state index in [0.717, 1.165) is 61.1 Å². The van der Waals surface area contributed by atoms with Crippen LogP contribution < -0.4 is 5.32 Å². The van der Waals surface area contributed by atoms with Crippen LogP contribution >= 0.6 is 0 Å². The summed E-state index contributed by atoms with van der Waals surface area (Å²) in [6, 6.07) is 11.8. The molecular formula is C25H28N2O4. The largest absolute Gasteiger partial charge is 0.481 e. The van der Waals surface area contributed by atoms with E-state index in [9.17, 15) is 14.7 Å². The number of benzene rings is 1. The minimum Gasteiger partial charge on any atom is -0.481 e. The van der Waals surface area contributed by atoms with Gasteiger partial charge in [-0.3, -0.25) is 9.59 Å². The third-order valence-corrected chi connectivity index (χ3v) is 5.94. The molecule has 1 aromatic carbocycles. The monoisotopic (exact) mass is 420 g/mol. The van der Waals surface area contributed by atoms with Crippen molar-refractivity contribution in [1.82, 2.24) is 4.98 Å². The topological polar surface area (TPSA) is 92.4 Å². The van der Waals surface area contributed by atoms with Crippen LogP contribution in [0.25, 0.3) is 11.0 Å². The molecule has 0 radical (unpaired) electrons. The van der Waals surface area contributed by atoms with Crippen molar-refractivity contribution in [2.24, 2.45) is 0 Å². The number of hydrogen-bond acceptors (Lipinski definition) is 5. The molecule has 0 amide bonds. The first-order valence-electron chi connectivity index (χ1n) is 11.0.